The van der Waals surface area contributed by atoms with Crippen molar-refractivity contribution < 1.29 is 17.9 Å². The van der Waals surface area contributed by atoms with Gasteiger partial charge in [-0.05, 0) is 35.9 Å². The van der Waals surface area contributed by atoms with Gasteiger partial charge in [0.05, 0.1) is 24.1 Å². The monoisotopic (exact) mass is 448 g/mol. The molecule has 2 N–H and O–H groups in total. The van der Waals surface area contributed by atoms with Crippen molar-refractivity contribution in [3.63, 3.8) is 0 Å². The number of sulfonamides is 1. The maximum atomic E-state index is 13.0. The first-order chi connectivity index (χ1) is 14.2. The third kappa shape index (κ3) is 5.11. The molecule has 1 unspecified atom stereocenters. The number of rotatable bonds is 7. The van der Waals surface area contributed by atoms with E-state index < -0.39 is 22.0 Å². The molecule has 158 valence electrons. The first kappa shape index (κ1) is 21.7. The van der Waals surface area contributed by atoms with Crippen molar-refractivity contribution in [2.75, 3.05) is 18.1 Å². The fourth-order valence-electron chi connectivity index (χ4n) is 2.93. The Balaban J connectivity index is 1.96. The number of amides is 1. The lowest BCUT2D eigenvalue weighted by molar-refractivity contribution is 0.0941. The number of methoxy groups -OCH3 is 1. The van der Waals surface area contributed by atoms with E-state index in [-0.39, 0.29) is 16.3 Å². The smallest absolute Gasteiger partial charge is 0.252 e. The van der Waals surface area contributed by atoms with Gasteiger partial charge < -0.3 is 14.6 Å². The fraction of sp³-hybridized carbons (Fsp3) is 0.200. The molecule has 0 fully saturated rings. The van der Waals surface area contributed by atoms with Crippen molar-refractivity contribution in [1.82, 2.24) is 14.9 Å². The number of halogens is 1. The second-order valence-electron chi connectivity index (χ2n) is 6.65. The first-order valence-corrected chi connectivity index (χ1v) is 11.1. The number of imidazole rings is 1. The van der Waals surface area contributed by atoms with Crippen molar-refractivity contribution in [3.05, 3.63) is 76.8 Å². The third-order valence-electron chi connectivity index (χ3n) is 4.34. The summed E-state index contributed by atoms with van der Waals surface area (Å²) in [5, 5.41) is 3.14. The molecule has 0 aliphatic rings. The second kappa shape index (κ2) is 8.76. The molecule has 0 aliphatic heterocycles. The Morgan fingerprint density at radius 2 is 2.00 bits per heavy atom. The van der Waals surface area contributed by atoms with E-state index in [1.54, 1.807) is 19.5 Å². The van der Waals surface area contributed by atoms with E-state index in [1.165, 1.54) is 18.2 Å². The van der Waals surface area contributed by atoms with Crippen molar-refractivity contribution in [1.29, 1.82) is 0 Å². The maximum absolute atomic E-state index is 13.0. The Kier molecular flexibility index (Phi) is 6.33. The van der Waals surface area contributed by atoms with Gasteiger partial charge in [-0.3, -0.25) is 9.52 Å². The van der Waals surface area contributed by atoms with Crippen molar-refractivity contribution in [2.24, 2.45) is 7.05 Å². The quantitative estimate of drug-likeness (QED) is 0.578. The molecule has 0 bridgehead atoms. The number of nitrogens with one attached hydrogen (secondary N) is 2. The highest BCUT2D eigenvalue weighted by Crippen LogP contribution is 2.27. The van der Waals surface area contributed by atoms with Crippen LogP contribution >= 0.6 is 11.6 Å². The summed E-state index contributed by atoms with van der Waals surface area (Å²) in [4.78, 5) is 17.4. The van der Waals surface area contributed by atoms with Crippen molar-refractivity contribution >= 4 is 33.2 Å². The largest absolute Gasteiger partial charge is 0.497 e. The van der Waals surface area contributed by atoms with Crippen LogP contribution in [0.25, 0.3) is 0 Å². The van der Waals surface area contributed by atoms with Crippen LogP contribution in [-0.4, -0.2) is 37.2 Å². The summed E-state index contributed by atoms with van der Waals surface area (Å²) in [5.74, 6) is 0.853. The van der Waals surface area contributed by atoms with E-state index in [0.29, 0.717) is 11.6 Å². The minimum atomic E-state index is -3.55. The van der Waals surface area contributed by atoms with Gasteiger partial charge in [0.15, 0.2) is 0 Å². The molecule has 3 rings (SSSR count). The number of carbonyl (C=O) groups is 1. The van der Waals surface area contributed by atoms with E-state index in [1.807, 2.05) is 35.9 Å². The average molecular weight is 449 g/mol. The summed E-state index contributed by atoms with van der Waals surface area (Å²) < 4.78 is 32.5. The summed E-state index contributed by atoms with van der Waals surface area (Å²) in [6.07, 6.45) is 4.44. The molecule has 0 aliphatic carbocycles. The molecule has 30 heavy (non-hydrogen) atoms. The van der Waals surface area contributed by atoms with Crippen LogP contribution in [-0.2, 0) is 17.1 Å². The zero-order chi connectivity index (χ0) is 21.9. The first-order valence-electron chi connectivity index (χ1n) is 8.87. The van der Waals surface area contributed by atoms with Crippen LogP contribution in [0.3, 0.4) is 0 Å². The fourth-order valence-corrected chi connectivity index (χ4v) is 3.72. The molecule has 1 amide bonds. The molecule has 1 atom stereocenters. The van der Waals surface area contributed by atoms with E-state index >= 15 is 0 Å². The summed E-state index contributed by atoms with van der Waals surface area (Å²) in [5.41, 5.74) is 1.15. The number of hydrogen-bond donors (Lipinski definition) is 2. The summed E-state index contributed by atoms with van der Waals surface area (Å²) in [6.45, 7) is 0. The normalized spacial score (nSPS) is 12.3. The number of carbonyl (C=O) groups excluding carboxylic acids is 1. The van der Waals surface area contributed by atoms with Gasteiger partial charge in [0.1, 0.15) is 17.6 Å². The Bertz CT molecular complexity index is 1180. The minimum Gasteiger partial charge on any atom is -0.497 e. The van der Waals surface area contributed by atoms with Gasteiger partial charge in [0, 0.05) is 25.0 Å². The van der Waals surface area contributed by atoms with Crippen LogP contribution < -0.4 is 14.8 Å². The number of hydrogen-bond acceptors (Lipinski definition) is 5. The molecular formula is C20H21ClN4O4S. The van der Waals surface area contributed by atoms with E-state index in [9.17, 15) is 13.2 Å². The van der Waals surface area contributed by atoms with Crippen LogP contribution in [0.15, 0.2) is 54.9 Å². The van der Waals surface area contributed by atoms with Gasteiger partial charge in [0.25, 0.3) is 5.91 Å². The molecule has 0 spiro atoms. The van der Waals surface area contributed by atoms with Gasteiger partial charge in [-0.1, -0.05) is 23.7 Å². The van der Waals surface area contributed by atoms with Crippen molar-refractivity contribution in [3.8, 4) is 5.75 Å². The SMILES string of the molecule is COc1cccc(C(NC(=O)c2ccc(Cl)c(NS(C)(=O)=O)c2)c2nccn2C)c1. The highest BCUT2D eigenvalue weighted by atomic mass is 35.5. The van der Waals surface area contributed by atoms with Gasteiger partial charge >= 0.3 is 0 Å². The van der Waals surface area contributed by atoms with Crippen LogP contribution in [0.4, 0.5) is 5.69 Å². The molecule has 8 nitrogen and oxygen atoms in total. The third-order valence-corrected chi connectivity index (χ3v) is 5.26. The average Bonchev–Trinajstić information content (AvgIpc) is 3.12. The lowest BCUT2D eigenvalue weighted by atomic mass is 10.0. The molecule has 3 aromatic rings. The number of anilines is 1. The number of benzene rings is 2. The van der Waals surface area contributed by atoms with E-state index in [4.69, 9.17) is 16.3 Å². The summed E-state index contributed by atoms with van der Waals surface area (Å²) >= 11 is 6.06. The van der Waals surface area contributed by atoms with Crippen LogP contribution in [0.2, 0.25) is 5.02 Å². The predicted octanol–water partition coefficient (Wildman–Crippen LogP) is 2.97. The zero-order valence-corrected chi connectivity index (χ0v) is 18.2. The molecular weight excluding hydrogens is 428 g/mol. The highest BCUT2D eigenvalue weighted by Gasteiger charge is 2.22. The Morgan fingerprint density at radius 3 is 2.63 bits per heavy atom. The Hall–Kier alpha value is -3.04. The molecule has 2 aromatic carbocycles. The Morgan fingerprint density at radius 1 is 1.23 bits per heavy atom. The zero-order valence-electron chi connectivity index (χ0n) is 16.6. The number of aromatic nitrogens is 2. The van der Waals surface area contributed by atoms with Crippen LogP contribution in [0, 0.1) is 0 Å². The van der Waals surface area contributed by atoms with Gasteiger partial charge in [0.2, 0.25) is 10.0 Å². The summed E-state index contributed by atoms with van der Waals surface area (Å²) in [7, 11) is -0.152. The number of nitrogens with zero attached hydrogens (tertiary/aromatic N) is 2. The molecule has 10 heteroatoms. The van der Waals surface area contributed by atoms with Crippen molar-refractivity contribution in [2.45, 2.75) is 6.04 Å². The van der Waals surface area contributed by atoms with Crippen LogP contribution in [0.5, 0.6) is 5.75 Å². The number of ether oxygens (including phenoxy) is 1. The van der Waals surface area contributed by atoms with Gasteiger partial charge in [-0.15, -0.1) is 0 Å². The van der Waals surface area contributed by atoms with Crippen LogP contribution in [0.1, 0.15) is 27.8 Å². The molecule has 0 saturated carbocycles. The topological polar surface area (TPSA) is 102 Å². The maximum Gasteiger partial charge on any atom is 0.252 e. The van der Waals surface area contributed by atoms with E-state index in [2.05, 4.69) is 15.0 Å². The molecule has 0 saturated heterocycles. The number of aryl methyl sites for hydroxylation is 1. The van der Waals surface area contributed by atoms with Gasteiger partial charge in [-0.2, -0.15) is 0 Å². The summed E-state index contributed by atoms with van der Waals surface area (Å²) in [6, 6.07) is 11.1. The predicted molar refractivity (Wildman–Crippen MR) is 115 cm³/mol. The molecule has 1 aromatic heterocycles. The second-order valence-corrected chi connectivity index (χ2v) is 8.80. The van der Waals surface area contributed by atoms with E-state index in [0.717, 1.165) is 11.8 Å². The minimum absolute atomic E-state index is 0.127. The highest BCUT2D eigenvalue weighted by molar-refractivity contribution is 7.92. The standard InChI is InChI=1S/C20H21ClN4O4S/c1-25-10-9-22-19(25)18(13-5-4-6-15(11-13)29-2)23-20(26)14-7-8-16(21)17(12-14)24-30(3,27)28/h4-12,18,24H,1-3H3,(H,23,26). The molecule has 1 heterocycles. The van der Waals surface area contributed by atoms with Gasteiger partial charge in [-0.25, -0.2) is 13.4 Å². The lowest BCUT2D eigenvalue weighted by Crippen LogP contribution is -2.31. The lowest BCUT2D eigenvalue weighted by Gasteiger charge is -2.20. The molecule has 0 radical (unpaired) electrons. The Labute approximate surface area is 179 Å².